The van der Waals surface area contributed by atoms with Gasteiger partial charge >= 0.3 is 0 Å². The van der Waals surface area contributed by atoms with Crippen molar-refractivity contribution in [2.45, 2.75) is 18.1 Å². The summed E-state index contributed by atoms with van der Waals surface area (Å²) < 4.78 is 23.7. The third-order valence-electron chi connectivity index (χ3n) is 2.94. The summed E-state index contributed by atoms with van der Waals surface area (Å²) in [4.78, 5) is 13.8. The van der Waals surface area contributed by atoms with Gasteiger partial charge in [-0.3, -0.25) is 4.79 Å². The van der Waals surface area contributed by atoms with Crippen LogP contribution in [0, 0.1) is 2.88 Å². The van der Waals surface area contributed by atoms with Gasteiger partial charge in [-0.25, -0.2) is 13.6 Å². The molecule has 0 spiro atoms. The highest BCUT2D eigenvalue weighted by Crippen LogP contribution is 2.21. The third-order valence-corrected chi connectivity index (χ3v) is 6.05. The fourth-order valence-corrected chi connectivity index (χ4v) is 4.20. The largest absolute Gasteiger partial charge is 0.337 e. The molecule has 1 aromatic heterocycles. The number of halogens is 1. The molecule has 8 heteroatoms. The predicted octanol–water partition coefficient (Wildman–Crippen LogP) is 1.25. The Balaban J connectivity index is 2.12. The zero-order valence-corrected chi connectivity index (χ0v) is 13.3. The van der Waals surface area contributed by atoms with E-state index in [4.69, 9.17) is 5.14 Å². The Hall–Kier alpha value is -0.190. The summed E-state index contributed by atoms with van der Waals surface area (Å²) >= 11 is 3.65. The average molecular weight is 400 g/mol. The standard InChI is InChI=1S/C10H13IN2O3S2/c11-9-4-7(6-17-9)10(14)13-3-1-2-8(5-13)18(12,15)16/h4,6,8H,1-3,5H2,(H2,12,15,16). The Morgan fingerprint density at radius 1 is 1.56 bits per heavy atom. The Morgan fingerprint density at radius 3 is 2.83 bits per heavy atom. The van der Waals surface area contributed by atoms with Crippen molar-refractivity contribution in [3.63, 3.8) is 0 Å². The van der Waals surface area contributed by atoms with Gasteiger partial charge in [-0.2, -0.15) is 0 Å². The first-order valence-corrected chi connectivity index (χ1v) is 8.99. The highest BCUT2D eigenvalue weighted by molar-refractivity contribution is 14.1. The van der Waals surface area contributed by atoms with Crippen molar-refractivity contribution >= 4 is 49.9 Å². The zero-order chi connectivity index (χ0) is 13.3. The quantitative estimate of drug-likeness (QED) is 0.759. The monoisotopic (exact) mass is 400 g/mol. The maximum absolute atomic E-state index is 12.2. The normalized spacial score (nSPS) is 21.0. The third kappa shape index (κ3) is 3.22. The van der Waals surface area contributed by atoms with Crippen LogP contribution in [0.2, 0.25) is 0 Å². The molecule has 2 N–H and O–H groups in total. The molecule has 0 saturated carbocycles. The summed E-state index contributed by atoms with van der Waals surface area (Å²) in [6.07, 6.45) is 1.21. The molecule has 1 aromatic rings. The second kappa shape index (κ2) is 5.43. The Morgan fingerprint density at radius 2 is 2.28 bits per heavy atom. The van der Waals surface area contributed by atoms with Crippen molar-refractivity contribution in [1.82, 2.24) is 4.90 Å². The van der Waals surface area contributed by atoms with Crippen LogP contribution in [-0.4, -0.2) is 37.6 Å². The van der Waals surface area contributed by atoms with Crippen molar-refractivity contribution in [1.29, 1.82) is 0 Å². The molecule has 0 bridgehead atoms. The summed E-state index contributed by atoms with van der Waals surface area (Å²) in [7, 11) is -3.56. The molecular weight excluding hydrogens is 387 g/mol. The van der Waals surface area contributed by atoms with Crippen molar-refractivity contribution in [2.75, 3.05) is 13.1 Å². The van der Waals surface area contributed by atoms with Gasteiger partial charge in [0.1, 0.15) is 0 Å². The van der Waals surface area contributed by atoms with Crippen LogP contribution in [0.1, 0.15) is 23.2 Å². The number of primary sulfonamides is 1. The minimum Gasteiger partial charge on any atom is -0.337 e. The van der Waals surface area contributed by atoms with Gasteiger partial charge in [0.05, 0.1) is 13.7 Å². The molecule has 1 saturated heterocycles. The number of rotatable bonds is 2. The molecule has 18 heavy (non-hydrogen) atoms. The first-order valence-electron chi connectivity index (χ1n) is 5.43. The molecule has 1 amide bonds. The summed E-state index contributed by atoms with van der Waals surface area (Å²) in [5.74, 6) is -0.109. The fourth-order valence-electron chi connectivity index (χ4n) is 2.00. The molecule has 2 heterocycles. The van der Waals surface area contributed by atoms with Crippen molar-refractivity contribution in [3.8, 4) is 0 Å². The molecule has 2 rings (SSSR count). The molecule has 1 atom stereocenters. The highest BCUT2D eigenvalue weighted by atomic mass is 127. The van der Waals surface area contributed by atoms with E-state index in [1.54, 1.807) is 10.3 Å². The molecule has 1 unspecified atom stereocenters. The van der Waals surface area contributed by atoms with Crippen molar-refractivity contribution in [2.24, 2.45) is 5.14 Å². The van der Waals surface area contributed by atoms with Crippen LogP contribution in [0.3, 0.4) is 0 Å². The van der Waals surface area contributed by atoms with Crippen LogP contribution in [0.15, 0.2) is 11.4 Å². The minimum absolute atomic E-state index is 0.109. The number of piperidine rings is 1. The molecular formula is C10H13IN2O3S2. The number of nitrogens with zero attached hydrogens (tertiary/aromatic N) is 1. The van der Waals surface area contributed by atoms with E-state index >= 15 is 0 Å². The van der Waals surface area contributed by atoms with Crippen LogP contribution < -0.4 is 5.14 Å². The van der Waals surface area contributed by atoms with Gasteiger partial charge in [0, 0.05) is 18.5 Å². The van der Waals surface area contributed by atoms with Gasteiger partial charge in [0.25, 0.3) is 5.91 Å². The minimum atomic E-state index is -3.56. The maximum Gasteiger partial charge on any atom is 0.254 e. The van der Waals surface area contributed by atoms with E-state index in [2.05, 4.69) is 22.6 Å². The number of hydrogen-bond donors (Lipinski definition) is 1. The van der Waals surface area contributed by atoms with Crippen molar-refractivity contribution < 1.29 is 13.2 Å². The molecule has 5 nitrogen and oxygen atoms in total. The number of sulfonamides is 1. The van der Waals surface area contributed by atoms with E-state index in [1.807, 2.05) is 6.07 Å². The lowest BCUT2D eigenvalue weighted by Gasteiger charge is -2.31. The summed E-state index contributed by atoms with van der Waals surface area (Å²) in [5, 5.41) is 6.32. The smallest absolute Gasteiger partial charge is 0.254 e. The van der Waals surface area contributed by atoms with E-state index in [1.165, 1.54) is 11.3 Å². The molecule has 100 valence electrons. The maximum atomic E-state index is 12.2. The van der Waals surface area contributed by atoms with Crippen LogP contribution in [-0.2, 0) is 10.0 Å². The van der Waals surface area contributed by atoms with E-state index in [9.17, 15) is 13.2 Å². The average Bonchev–Trinajstić information content (AvgIpc) is 2.74. The fraction of sp³-hybridized carbons (Fsp3) is 0.500. The zero-order valence-electron chi connectivity index (χ0n) is 9.50. The lowest BCUT2D eigenvalue weighted by Crippen LogP contribution is -2.46. The molecule has 0 aliphatic carbocycles. The molecule has 1 aliphatic rings. The van der Waals surface area contributed by atoms with Gasteiger partial charge < -0.3 is 4.90 Å². The second-order valence-corrected chi connectivity index (χ2v) is 8.89. The van der Waals surface area contributed by atoms with Crippen LogP contribution in [0.4, 0.5) is 0 Å². The van der Waals surface area contributed by atoms with E-state index < -0.39 is 15.3 Å². The van der Waals surface area contributed by atoms with E-state index in [0.717, 1.165) is 2.88 Å². The van der Waals surface area contributed by atoms with E-state index in [0.29, 0.717) is 24.9 Å². The second-order valence-electron chi connectivity index (χ2n) is 4.24. The summed E-state index contributed by atoms with van der Waals surface area (Å²) in [5.41, 5.74) is 0.625. The van der Waals surface area contributed by atoms with Gasteiger partial charge in [-0.05, 0) is 41.5 Å². The highest BCUT2D eigenvalue weighted by Gasteiger charge is 2.30. The lowest BCUT2D eigenvalue weighted by molar-refractivity contribution is 0.0727. The van der Waals surface area contributed by atoms with Gasteiger partial charge in [-0.15, -0.1) is 11.3 Å². The summed E-state index contributed by atoms with van der Waals surface area (Å²) in [6, 6.07) is 1.81. The van der Waals surface area contributed by atoms with E-state index in [-0.39, 0.29) is 12.5 Å². The first kappa shape index (κ1) is 14.2. The number of carbonyl (C=O) groups excluding carboxylic acids is 1. The topological polar surface area (TPSA) is 80.5 Å². The Labute approximate surface area is 124 Å². The number of nitrogens with two attached hydrogens (primary N) is 1. The van der Waals surface area contributed by atoms with Crippen LogP contribution in [0.5, 0.6) is 0 Å². The molecule has 1 aliphatic heterocycles. The van der Waals surface area contributed by atoms with Crippen molar-refractivity contribution in [3.05, 3.63) is 19.9 Å². The molecule has 1 fully saturated rings. The predicted molar refractivity (Wildman–Crippen MR) is 79.1 cm³/mol. The Kier molecular flexibility index (Phi) is 4.29. The number of amides is 1. The number of hydrogen-bond acceptors (Lipinski definition) is 4. The Bertz CT molecular complexity index is 555. The molecule has 0 aromatic carbocycles. The van der Waals surface area contributed by atoms with Gasteiger partial charge in [-0.1, -0.05) is 0 Å². The van der Waals surface area contributed by atoms with Crippen LogP contribution in [0.25, 0.3) is 0 Å². The first-order chi connectivity index (χ1) is 8.38. The van der Waals surface area contributed by atoms with Gasteiger partial charge in [0.15, 0.2) is 0 Å². The number of likely N-dealkylation sites (tertiary alicyclic amines) is 1. The number of thiophene rings is 1. The van der Waals surface area contributed by atoms with Gasteiger partial charge in [0.2, 0.25) is 10.0 Å². The lowest BCUT2D eigenvalue weighted by atomic mass is 10.1. The molecule has 0 radical (unpaired) electrons. The number of carbonyl (C=O) groups is 1. The van der Waals surface area contributed by atoms with Crippen LogP contribution >= 0.6 is 33.9 Å². The SMILES string of the molecule is NS(=O)(=O)C1CCCN(C(=O)c2csc(I)c2)C1. The summed E-state index contributed by atoms with van der Waals surface area (Å²) in [6.45, 7) is 0.793.